The number of halogens is 1. The molecule has 1 amide bonds. The number of hydrazine groups is 1. The largest absolute Gasteiger partial charge is 0.291 e. The summed E-state index contributed by atoms with van der Waals surface area (Å²) in [5.41, 5.74) is 8.48. The first-order valence-corrected chi connectivity index (χ1v) is 9.75. The Bertz CT molecular complexity index is 1140. The fourth-order valence-corrected chi connectivity index (χ4v) is 4.27. The molecule has 3 aromatic rings. The zero-order valence-corrected chi connectivity index (χ0v) is 16.7. The van der Waals surface area contributed by atoms with Crippen molar-refractivity contribution in [1.82, 2.24) is 10.4 Å². The molecule has 1 aliphatic heterocycles. The third kappa shape index (κ3) is 2.42. The van der Waals surface area contributed by atoms with Crippen molar-refractivity contribution in [3.8, 4) is 0 Å². The minimum Gasteiger partial charge on any atom is -0.291 e. The van der Waals surface area contributed by atoms with Crippen LogP contribution < -0.4 is 10.4 Å². The summed E-state index contributed by atoms with van der Waals surface area (Å²) in [5, 5.41) is 2.51. The number of hydrogen-bond acceptors (Lipinski definition) is 3. The van der Waals surface area contributed by atoms with Gasteiger partial charge in [-0.1, -0.05) is 54.1 Å². The molecule has 2 heterocycles. The SMILES string of the molecule is CC1(C)CC=C2NN(c3ccccc3)C(=O)c3c2c1nc1ccc(Br)cc31. The van der Waals surface area contributed by atoms with Gasteiger partial charge in [-0.3, -0.25) is 15.2 Å². The molecule has 0 atom stereocenters. The van der Waals surface area contributed by atoms with Crippen molar-refractivity contribution in [2.24, 2.45) is 0 Å². The van der Waals surface area contributed by atoms with E-state index in [-0.39, 0.29) is 11.3 Å². The number of allylic oxidation sites excluding steroid dienone is 1. The first kappa shape index (κ1) is 16.5. The summed E-state index contributed by atoms with van der Waals surface area (Å²) in [6.07, 6.45) is 3.05. The van der Waals surface area contributed by atoms with Crippen LogP contribution in [0.1, 0.15) is 41.9 Å². The van der Waals surface area contributed by atoms with Crippen molar-refractivity contribution >= 4 is 44.1 Å². The van der Waals surface area contributed by atoms with Crippen LogP contribution in [0.2, 0.25) is 0 Å². The van der Waals surface area contributed by atoms with Gasteiger partial charge in [-0.25, -0.2) is 5.01 Å². The van der Waals surface area contributed by atoms with Crippen LogP contribution in [0, 0.1) is 0 Å². The number of aromatic nitrogens is 1. The molecule has 0 spiro atoms. The highest BCUT2D eigenvalue weighted by Crippen LogP contribution is 2.43. The molecule has 1 aliphatic carbocycles. The fraction of sp³-hybridized carbons (Fsp3) is 0.182. The van der Waals surface area contributed by atoms with Gasteiger partial charge in [0.1, 0.15) is 0 Å². The van der Waals surface area contributed by atoms with E-state index in [1.807, 2.05) is 48.5 Å². The van der Waals surface area contributed by atoms with Gasteiger partial charge in [-0.15, -0.1) is 0 Å². The predicted octanol–water partition coefficient (Wildman–Crippen LogP) is 5.18. The van der Waals surface area contributed by atoms with Crippen LogP contribution >= 0.6 is 15.9 Å². The Hall–Kier alpha value is -2.66. The van der Waals surface area contributed by atoms with E-state index < -0.39 is 0 Å². The highest BCUT2D eigenvalue weighted by atomic mass is 79.9. The number of para-hydroxylation sites is 1. The van der Waals surface area contributed by atoms with Crippen LogP contribution in [0.5, 0.6) is 0 Å². The van der Waals surface area contributed by atoms with E-state index in [2.05, 4.69) is 41.3 Å². The number of nitrogens with zero attached hydrogens (tertiary/aromatic N) is 2. The second-order valence-electron chi connectivity index (χ2n) is 7.67. The molecule has 1 N–H and O–H groups in total. The Kier molecular flexibility index (Phi) is 3.46. The Morgan fingerprint density at radius 1 is 1.11 bits per heavy atom. The molecule has 134 valence electrons. The predicted molar refractivity (Wildman–Crippen MR) is 111 cm³/mol. The lowest BCUT2D eigenvalue weighted by Gasteiger charge is -2.39. The van der Waals surface area contributed by atoms with Gasteiger partial charge in [0.15, 0.2) is 0 Å². The number of carbonyl (C=O) groups is 1. The molecule has 0 unspecified atom stereocenters. The van der Waals surface area contributed by atoms with Gasteiger partial charge in [-0.2, -0.15) is 0 Å². The quantitative estimate of drug-likeness (QED) is 0.590. The minimum atomic E-state index is -0.119. The molecule has 0 saturated carbocycles. The molecule has 5 rings (SSSR count). The van der Waals surface area contributed by atoms with E-state index in [1.165, 1.54) is 0 Å². The van der Waals surface area contributed by atoms with E-state index in [1.54, 1.807) is 5.01 Å². The summed E-state index contributed by atoms with van der Waals surface area (Å²) in [6.45, 7) is 4.36. The van der Waals surface area contributed by atoms with Crippen molar-refractivity contribution < 1.29 is 4.79 Å². The van der Waals surface area contributed by atoms with Gasteiger partial charge in [0.25, 0.3) is 5.91 Å². The summed E-state index contributed by atoms with van der Waals surface area (Å²) >= 11 is 3.54. The number of rotatable bonds is 1. The maximum Gasteiger partial charge on any atom is 0.278 e. The summed E-state index contributed by atoms with van der Waals surface area (Å²) in [5.74, 6) is -0.0576. The monoisotopic (exact) mass is 419 g/mol. The van der Waals surface area contributed by atoms with Gasteiger partial charge in [-0.05, 0) is 36.8 Å². The standard InChI is InChI=1S/C22H18BrN3O/c1-22(2)11-10-17-19-18(15-12-13(23)8-9-16(15)24-20(19)22)21(27)26(25-17)14-6-4-3-5-7-14/h3-10,12,25H,11H2,1-2H3. The van der Waals surface area contributed by atoms with E-state index >= 15 is 0 Å². The molecule has 0 bridgehead atoms. The number of anilines is 1. The minimum absolute atomic E-state index is 0.0576. The van der Waals surface area contributed by atoms with Crippen molar-refractivity contribution in [1.29, 1.82) is 0 Å². The summed E-state index contributed by atoms with van der Waals surface area (Å²) in [4.78, 5) is 18.5. The summed E-state index contributed by atoms with van der Waals surface area (Å²) in [7, 11) is 0. The highest BCUT2D eigenvalue weighted by Gasteiger charge is 2.39. The summed E-state index contributed by atoms with van der Waals surface area (Å²) in [6, 6.07) is 15.6. The molecular weight excluding hydrogens is 402 g/mol. The second kappa shape index (κ2) is 5.67. The van der Waals surface area contributed by atoms with E-state index in [0.717, 1.165) is 50.0 Å². The molecule has 27 heavy (non-hydrogen) atoms. The number of hydrogen-bond donors (Lipinski definition) is 1. The van der Waals surface area contributed by atoms with Gasteiger partial charge in [0.2, 0.25) is 0 Å². The van der Waals surface area contributed by atoms with Crippen molar-refractivity contribution in [3.63, 3.8) is 0 Å². The molecule has 0 fully saturated rings. The van der Waals surface area contributed by atoms with Crippen LogP contribution in [-0.2, 0) is 5.41 Å². The van der Waals surface area contributed by atoms with Crippen molar-refractivity contribution in [2.75, 3.05) is 5.01 Å². The molecule has 1 aromatic heterocycles. The molecule has 0 radical (unpaired) electrons. The van der Waals surface area contributed by atoms with Gasteiger partial charge in [0.05, 0.1) is 28.2 Å². The normalized spacial score (nSPS) is 17.4. The highest BCUT2D eigenvalue weighted by molar-refractivity contribution is 9.10. The zero-order chi connectivity index (χ0) is 18.8. The Balaban J connectivity index is 1.85. The smallest absolute Gasteiger partial charge is 0.278 e. The number of fused-ring (bicyclic) bond motifs is 2. The third-order valence-electron chi connectivity index (χ3n) is 5.34. The first-order chi connectivity index (χ1) is 13.0. The number of benzene rings is 2. The van der Waals surface area contributed by atoms with Crippen molar-refractivity contribution in [3.05, 3.63) is 75.9 Å². The van der Waals surface area contributed by atoms with Gasteiger partial charge < -0.3 is 0 Å². The first-order valence-electron chi connectivity index (χ1n) is 8.96. The molecule has 0 saturated heterocycles. The Morgan fingerprint density at radius 3 is 2.67 bits per heavy atom. The third-order valence-corrected chi connectivity index (χ3v) is 5.83. The van der Waals surface area contributed by atoms with Crippen LogP contribution in [0.15, 0.2) is 59.1 Å². The van der Waals surface area contributed by atoms with Crippen LogP contribution in [0.25, 0.3) is 16.6 Å². The number of amides is 1. The average molecular weight is 420 g/mol. The van der Waals surface area contributed by atoms with Gasteiger partial charge in [0, 0.05) is 20.8 Å². The fourth-order valence-electron chi connectivity index (χ4n) is 3.91. The summed E-state index contributed by atoms with van der Waals surface area (Å²) < 4.78 is 0.936. The van der Waals surface area contributed by atoms with E-state index in [4.69, 9.17) is 4.98 Å². The second-order valence-corrected chi connectivity index (χ2v) is 8.58. The number of carbonyl (C=O) groups excluding carboxylic acids is 1. The Morgan fingerprint density at radius 2 is 1.89 bits per heavy atom. The van der Waals surface area contributed by atoms with E-state index in [0.29, 0.717) is 0 Å². The molecule has 2 aliphatic rings. The number of pyridine rings is 1. The van der Waals surface area contributed by atoms with E-state index in [9.17, 15) is 4.79 Å². The lowest BCUT2D eigenvalue weighted by molar-refractivity contribution is 0.0976. The zero-order valence-electron chi connectivity index (χ0n) is 15.1. The van der Waals surface area contributed by atoms with Crippen LogP contribution in [0.3, 0.4) is 0 Å². The Labute approximate surface area is 166 Å². The molecule has 2 aromatic carbocycles. The topological polar surface area (TPSA) is 45.2 Å². The number of nitrogens with one attached hydrogen (secondary N) is 1. The lowest BCUT2D eigenvalue weighted by Crippen LogP contribution is -2.48. The van der Waals surface area contributed by atoms with Crippen molar-refractivity contribution in [2.45, 2.75) is 25.7 Å². The molecule has 4 nitrogen and oxygen atoms in total. The van der Waals surface area contributed by atoms with Gasteiger partial charge >= 0.3 is 0 Å². The maximum atomic E-state index is 13.6. The van der Waals surface area contributed by atoms with Crippen LogP contribution in [-0.4, -0.2) is 10.9 Å². The molecular formula is C22H18BrN3O. The lowest BCUT2D eigenvalue weighted by atomic mass is 9.75. The average Bonchev–Trinajstić information content (AvgIpc) is 2.66. The van der Waals surface area contributed by atoms with Crippen LogP contribution in [0.4, 0.5) is 5.69 Å². The maximum absolute atomic E-state index is 13.6. The molecule has 5 heteroatoms.